The first-order valence-electron chi connectivity index (χ1n) is 3.79. The molecule has 0 aromatic carbocycles. The first kappa shape index (κ1) is 15.0. The summed E-state index contributed by atoms with van der Waals surface area (Å²) in [6.45, 7) is 4.73. The molecule has 0 aromatic heterocycles. The van der Waals surface area contributed by atoms with E-state index in [9.17, 15) is 0 Å². The second-order valence-electron chi connectivity index (χ2n) is 3.37. The molecule has 0 aromatic rings. The van der Waals surface area contributed by atoms with Crippen molar-refractivity contribution in [3.8, 4) is 0 Å². The summed E-state index contributed by atoms with van der Waals surface area (Å²) in [4.78, 5) is 0. The largest absolute Gasteiger partial charge is 0.0625 e. The van der Waals surface area contributed by atoms with Gasteiger partial charge in [0.05, 0.1) is 0 Å². The molecule has 0 aliphatic heterocycles. The van der Waals surface area contributed by atoms with Crippen molar-refractivity contribution in [3.05, 3.63) is 0 Å². The van der Waals surface area contributed by atoms with Gasteiger partial charge in [-0.25, -0.2) is 0 Å². The van der Waals surface area contributed by atoms with Crippen molar-refractivity contribution >= 4 is 0 Å². The molecule has 0 nitrogen and oxygen atoms in total. The minimum atomic E-state index is 0. The predicted molar refractivity (Wildman–Crippen MR) is 36.8 cm³/mol. The third-order valence-electron chi connectivity index (χ3n) is 2.30. The second-order valence-corrected chi connectivity index (χ2v) is 3.37. The van der Waals surface area contributed by atoms with E-state index in [-0.39, 0.29) is 75.5 Å². The number of hydrogen-bond acceptors (Lipinski definition) is 0. The minimum absolute atomic E-state index is 0. The van der Waals surface area contributed by atoms with Crippen LogP contribution in [0.5, 0.6) is 0 Å². The minimum Gasteiger partial charge on any atom is -0.0625 e. The monoisotopic (exact) mass is 192 g/mol. The summed E-state index contributed by atoms with van der Waals surface area (Å²) in [6.07, 6.45) is 5.89. The van der Waals surface area contributed by atoms with Gasteiger partial charge in [-0.1, -0.05) is 39.5 Å². The summed E-state index contributed by atoms with van der Waals surface area (Å²) in [7, 11) is 0. The smallest absolute Gasteiger partial charge is 0 e. The molecule has 0 amide bonds. The van der Waals surface area contributed by atoms with E-state index in [4.69, 9.17) is 0 Å². The van der Waals surface area contributed by atoms with Crippen LogP contribution in [0.15, 0.2) is 0 Å². The molecule has 1 saturated carbocycles. The van der Waals surface area contributed by atoms with Crippen LogP contribution in [0.2, 0.25) is 0 Å². The van der Waals surface area contributed by atoms with Crippen molar-refractivity contribution in [2.45, 2.75) is 39.5 Å². The van der Waals surface area contributed by atoms with E-state index in [0.717, 1.165) is 11.8 Å². The fraction of sp³-hybridized carbons (Fsp3) is 1.00. The molecular formula is C8H16Ar2. The summed E-state index contributed by atoms with van der Waals surface area (Å²) >= 11 is 0. The van der Waals surface area contributed by atoms with Gasteiger partial charge in [0.15, 0.2) is 0 Å². The second kappa shape index (κ2) is 8.13. The van der Waals surface area contributed by atoms with Crippen LogP contribution in [0.25, 0.3) is 0 Å². The van der Waals surface area contributed by atoms with E-state index in [2.05, 4.69) is 13.8 Å². The van der Waals surface area contributed by atoms with E-state index in [1.807, 2.05) is 0 Å². The van der Waals surface area contributed by atoms with Crippen LogP contribution in [-0.4, -0.2) is 0 Å². The van der Waals surface area contributed by atoms with Crippen LogP contribution < -0.4 is 0 Å². The van der Waals surface area contributed by atoms with Gasteiger partial charge in [-0.05, 0) is 11.8 Å². The van der Waals surface area contributed by atoms with Crippen LogP contribution in [0, 0.1) is 87.3 Å². The average Bonchev–Trinajstić information content (AvgIpc) is 1.77. The molecule has 1 rings (SSSR count). The maximum Gasteiger partial charge on any atom is 0 e. The molecule has 64 valence electrons. The summed E-state index contributed by atoms with van der Waals surface area (Å²) in [5.41, 5.74) is 0. The van der Waals surface area contributed by atoms with Crippen molar-refractivity contribution in [2.75, 3.05) is 0 Å². The standard InChI is InChI=1S/C8H16.2Ar/c1-7-3-5-8(2)6-4-7;;/h7-8H,3-6H2,1-2H3;;. The Labute approximate surface area is 125 Å². The third-order valence-corrected chi connectivity index (χ3v) is 2.30. The van der Waals surface area contributed by atoms with Gasteiger partial charge in [-0.2, -0.15) is 0 Å². The Balaban J connectivity index is 0. The van der Waals surface area contributed by atoms with Gasteiger partial charge in [0.1, 0.15) is 0 Å². The van der Waals surface area contributed by atoms with Crippen molar-refractivity contribution < 1.29 is 75.5 Å². The maximum absolute atomic E-state index is 2.37. The topological polar surface area (TPSA) is 0 Å². The van der Waals surface area contributed by atoms with E-state index in [1.54, 1.807) is 0 Å². The average molecular weight is 192 g/mol. The Morgan fingerprint density at radius 3 is 1.10 bits per heavy atom. The first-order chi connectivity index (χ1) is 3.79. The zero-order valence-corrected chi connectivity index (χ0v) is 8.10. The molecule has 0 spiro atoms. The Morgan fingerprint density at radius 2 is 0.900 bits per heavy atom. The molecule has 0 bridgehead atoms. The van der Waals surface area contributed by atoms with Gasteiger partial charge in [-0.3, -0.25) is 0 Å². The van der Waals surface area contributed by atoms with Gasteiger partial charge in [-0.15, -0.1) is 0 Å². The fourth-order valence-electron chi connectivity index (χ4n) is 1.43. The Hall–Kier alpha value is 2.52. The zero-order chi connectivity index (χ0) is 5.98. The Morgan fingerprint density at radius 1 is 0.700 bits per heavy atom. The molecule has 1 fully saturated rings. The molecule has 1 aliphatic carbocycles. The van der Waals surface area contributed by atoms with Gasteiger partial charge in [0.2, 0.25) is 0 Å². The van der Waals surface area contributed by atoms with Gasteiger partial charge < -0.3 is 0 Å². The van der Waals surface area contributed by atoms with Crippen molar-refractivity contribution in [2.24, 2.45) is 11.8 Å². The van der Waals surface area contributed by atoms with E-state index >= 15 is 0 Å². The quantitative estimate of drug-likeness (QED) is 0.553. The first-order valence-corrected chi connectivity index (χ1v) is 3.79. The van der Waals surface area contributed by atoms with Crippen molar-refractivity contribution in [1.82, 2.24) is 0 Å². The SMILES string of the molecule is CC1CCC(C)CC1.[Ar].[Ar]. The van der Waals surface area contributed by atoms with Crippen molar-refractivity contribution in [3.63, 3.8) is 0 Å². The van der Waals surface area contributed by atoms with Crippen LogP contribution in [0.3, 0.4) is 0 Å². The third kappa shape index (κ3) is 6.08. The fourth-order valence-corrected chi connectivity index (χ4v) is 1.43. The molecule has 2 heteroatoms. The van der Waals surface area contributed by atoms with Gasteiger partial charge >= 0.3 is 0 Å². The Bertz CT molecular complexity index is 55.7. The molecule has 0 N–H and O–H groups in total. The van der Waals surface area contributed by atoms with Crippen LogP contribution >= 0.6 is 0 Å². The summed E-state index contributed by atoms with van der Waals surface area (Å²) < 4.78 is 0. The maximum atomic E-state index is 2.37. The van der Waals surface area contributed by atoms with Crippen LogP contribution in [0.4, 0.5) is 0 Å². The molecule has 0 unspecified atom stereocenters. The molecule has 0 saturated heterocycles. The predicted octanol–water partition coefficient (Wildman–Crippen LogP) is 2.83. The van der Waals surface area contributed by atoms with E-state index < -0.39 is 0 Å². The normalized spacial score (nSPS) is 31.8. The van der Waals surface area contributed by atoms with Crippen LogP contribution in [-0.2, 0) is 0 Å². The molecule has 0 radical (unpaired) electrons. The number of hydrogen-bond donors (Lipinski definition) is 0. The number of rotatable bonds is 0. The molecule has 0 heterocycles. The summed E-state index contributed by atoms with van der Waals surface area (Å²) in [5.74, 6) is 2.04. The molecule has 1 aliphatic rings. The molecule has 0 atom stereocenters. The summed E-state index contributed by atoms with van der Waals surface area (Å²) in [5, 5.41) is 0. The van der Waals surface area contributed by atoms with Crippen LogP contribution in [0.1, 0.15) is 39.5 Å². The van der Waals surface area contributed by atoms with Gasteiger partial charge in [0.25, 0.3) is 0 Å². The summed E-state index contributed by atoms with van der Waals surface area (Å²) in [6, 6.07) is 0. The van der Waals surface area contributed by atoms with Gasteiger partial charge in [0, 0.05) is 75.5 Å². The van der Waals surface area contributed by atoms with Crippen molar-refractivity contribution in [1.29, 1.82) is 0 Å². The zero-order valence-electron chi connectivity index (χ0n) is 6.69. The molecular weight excluding hydrogens is 176 g/mol. The van der Waals surface area contributed by atoms with E-state index in [0.29, 0.717) is 0 Å². The molecule has 10 heavy (non-hydrogen) atoms. The van der Waals surface area contributed by atoms with E-state index in [1.165, 1.54) is 25.7 Å². The Kier molecular flexibility index (Phi) is 12.2.